The van der Waals surface area contributed by atoms with E-state index in [-0.39, 0.29) is 56.0 Å². The molecule has 1 fully saturated rings. The number of fused-ring (bicyclic) bond motifs is 1. The molecule has 0 saturated carbocycles. The van der Waals surface area contributed by atoms with Gasteiger partial charge in [0.15, 0.2) is 5.82 Å². The highest BCUT2D eigenvalue weighted by Gasteiger charge is 2.49. The number of halogens is 5. The Kier molecular flexibility index (Phi) is 5.71. The molecule has 0 N–H and O–H groups in total. The van der Waals surface area contributed by atoms with Crippen molar-refractivity contribution in [3.8, 4) is 0 Å². The second-order valence-electron chi connectivity index (χ2n) is 7.88. The van der Waals surface area contributed by atoms with Crippen LogP contribution in [0.4, 0.5) is 27.8 Å². The van der Waals surface area contributed by atoms with E-state index in [1.165, 1.54) is 23.2 Å². The van der Waals surface area contributed by atoms with Gasteiger partial charge < -0.3 is 9.64 Å². The lowest BCUT2D eigenvalue weighted by atomic mass is 9.81. The van der Waals surface area contributed by atoms with Gasteiger partial charge in [0.2, 0.25) is 11.8 Å². The van der Waals surface area contributed by atoms with E-state index in [1.807, 2.05) is 0 Å². The molecule has 11 heteroatoms. The highest BCUT2D eigenvalue weighted by atomic mass is 19.4. The molecule has 6 nitrogen and oxygen atoms in total. The third-order valence-corrected chi connectivity index (χ3v) is 5.94. The normalized spacial score (nSPS) is 24.2. The number of morpholine rings is 1. The van der Waals surface area contributed by atoms with Gasteiger partial charge in [0.25, 0.3) is 5.56 Å². The van der Waals surface area contributed by atoms with Crippen molar-refractivity contribution in [3.63, 3.8) is 0 Å². The third kappa shape index (κ3) is 4.02. The number of pyridine rings is 1. The van der Waals surface area contributed by atoms with E-state index in [9.17, 15) is 26.7 Å². The van der Waals surface area contributed by atoms with Crippen molar-refractivity contribution in [3.05, 3.63) is 51.8 Å². The molecule has 1 unspecified atom stereocenters. The van der Waals surface area contributed by atoms with E-state index >= 15 is 0 Å². The number of nitrogens with zero attached hydrogens (tertiary/aromatic N) is 4. The molecular weight excluding hydrogens is 423 g/mol. The van der Waals surface area contributed by atoms with Crippen LogP contribution in [0, 0.1) is 17.7 Å². The van der Waals surface area contributed by atoms with Crippen LogP contribution in [0.2, 0.25) is 0 Å². The largest absolute Gasteiger partial charge is 0.392 e. The van der Waals surface area contributed by atoms with E-state index in [0.29, 0.717) is 0 Å². The molecule has 0 bridgehead atoms. The van der Waals surface area contributed by atoms with Gasteiger partial charge in [-0.25, -0.2) is 9.97 Å². The Morgan fingerprint density at radius 1 is 1.26 bits per heavy atom. The highest BCUT2D eigenvalue weighted by molar-refractivity contribution is 5.42. The summed E-state index contributed by atoms with van der Waals surface area (Å²) >= 11 is 0. The highest BCUT2D eigenvalue weighted by Crippen LogP contribution is 2.44. The zero-order valence-electron chi connectivity index (χ0n) is 16.7. The first kappa shape index (κ1) is 21.7. The number of anilines is 1. The van der Waals surface area contributed by atoms with Gasteiger partial charge in [-0.05, 0) is 25.8 Å². The van der Waals surface area contributed by atoms with Crippen molar-refractivity contribution in [2.24, 2.45) is 5.92 Å². The molecule has 168 valence electrons. The molecule has 4 rings (SSSR count). The van der Waals surface area contributed by atoms with Crippen molar-refractivity contribution < 1.29 is 26.7 Å². The maximum Gasteiger partial charge on any atom is 0.392 e. The number of hydrogen-bond acceptors (Lipinski definition) is 5. The Labute approximate surface area is 174 Å². The van der Waals surface area contributed by atoms with Gasteiger partial charge in [-0.3, -0.25) is 9.36 Å². The van der Waals surface area contributed by atoms with Gasteiger partial charge in [-0.1, -0.05) is 6.07 Å². The van der Waals surface area contributed by atoms with Gasteiger partial charge in [0, 0.05) is 30.8 Å². The van der Waals surface area contributed by atoms with Gasteiger partial charge in [0.1, 0.15) is 5.82 Å². The molecule has 1 saturated heterocycles. The molecule has 2 aliphatic heterocycles. The minimum atomic E-state index is -4.59. The van der Waals surface area contributed by atoms with Crippen molar-refractivity contribution in [1.29, 1.82) is 0 Å². The van der Waals surface area contributed by atoms with Crippen LogP contribution >= 0.6 is 0 Å². The fourth-order valence-corrected chi connectivity index (χ4v) is 4.35. The number of ether oxygens (including phenoxy) is 1. The summed E-state index contributed by atoms with van der Waals surface area (Å²) < 4.78 is 76.9. The molecule has 2 aromatic heterocycles. The molecular formula is C20H21F5N4O2. The smallest absolute Gasteiger partial charge is 0.377 e. The van der Waals surface area contributed by atoms with E-state index < -0.39 is 41.8 Å². The molecule has 0 amide bonds. The van der Waals surface area contributed by atoms with Crippen LogP contribution in [0.15, 0.2) is 23.1 Å². The molecule has 4 heterocycles. The van der Waals surface area contributed by atoms with Gasteiger partial charge >= 0.3 is 6.18 Å². The Hall–Kier alpha value is -2.56. The second kappa shape index (κ2) is 8.18. The standard InChI is InChI=1S/C20H21F5N4O2/c1-11-10-31-8-7-28(11)18-15(21)19(30)29-6-4-14(20(23,24)25)13(17(29)27-18)9-12-3-2-5-26-16(12)22/h2-3,5,11,13-14H,4,6-10H2,1H3/t11-,13?,14+/m1/s1. The van der Waals surface area contributed by atoms with Crippen LogP contribution in [0.5, 0.6) is 0 Å². The number of alkyl halides is 3. The molecule has 0 aliphatic carbocycles. The lowest BCUT2D eigenvalue weighted by molar-refractivity contribution is -0.187. The summed E-state index contributed by atoms with van der Waals surface area (Å²) in [5.74, 6) is -5.65. The van der Waals surface area contributed by atoms with E-state index in [1.54, 1.807) is 6.92 Å². The zero-order chi connectivity index (χ0) is 22.3. The Morgan fingerprint density at radius 2 is 2.03 bits per heavy atom. The molecule has 0 spiro atoms. The van der Waals surface area contributed by atoms with Crippen LogP contribution < -0.4 is 10.5 Å². The molecule has 2 aromatic rings. The number of rotatable bonds is 3. The van der Waals surface area contributed by atoms with Crippen LogP contribution in [0.3, 0.4) is 0 Å². The fourth-order valence-electron chi connectivity index (χ4n) is 4.35. The first-order valence-corrected chi connectivity index (χ1v) is 9.99. The zero-order valence-corrected chi connectivity index (χ0v) is 16.7. The minimum Gasteiger partial charge on any atom is -0.377 e. The SMILES string of the molecule is C[C@@H]1COCCN1c1nc2n(c(=O)c1F)CC[C@H](C(F)(F)F)C2Cc1cccnc1F. The summed E-state index contributed by atoms with van der Waals surface area (Å²) in [6.07, 6.45) is -4.17. The second-order valence-corrected chi connectivity index (χ2v) is 7.88. The average molecular weight is 444 g/mol. The van der Waals surface area contributed by atoms with Crippen LogP contribution in [-0.2, 0) is 17.7 Å². The molecule has 0 aromatic carbocycles. The predicted octanol–water partition coefficient (Wildman–Crippen LogP) is 3.05. The molecule has 0 radical (unpaired) electrons. The lowest BCUT2D eigenvalue weighted by Crippen LogP contribution is -2.47. The maximum atomic E-state index is 14.9. The lowest BCUT2D eigenvalue weighted by Gasteiger charge is -2.38. The Bertz CT molecular complexity index is 1030. The van der Waals surface area contributed by atoms with Crippen LogP contribution in [0.25, 0.3) is 0 Å². The molecule has 3 atom stereocenters. The van der Waals surface area contributed by atoms with E-state index in [4.69, 9.17) is 4.74 Å². The van der Waals surface area contributed by atoms with Gasteiger partial charge in [0.05, 0.1) is 25.2 Å². The van der Waals surface area contributed by atoms with Crippen molar-refractivity contribution >= 4 is 5.82 Å². The van der Waals surface area contributed by atoms with E-state index in [0.717, 1.165) is 4.57 Å². The molecule has 2 aliphatic rings. The summed E-state index contributed by atoms with van der Waals surface area (Å²) in [4.78, 5) is 22.0. The maximum absolute atomic E-state index is 14.9. The first-order chi connectivity index (χ1) is 14.7. The Morgan fingerprint density at radius 3 is 2.71 bits per heavy atom. The van der Waals surface area contributed by atoms with Crippen LogP contribution in [0.1, 0.15) is 30.7 Å². The Balaban J connectivity index is 1.85. The summed E-state index contributed by atoms with van der Waals surface area (Å²) in [5, 5.41) is 0. The quantitative estimate of drug-likeness (QED) is 0.538. The third-order valence-electron chi connectivity index (χ3n) is 5.94. The number of hydrogen-bond donors (Lipinski definition) is 0. The van der Waals surface area contributed by atoms with Crippen molar-refractivity contribution in [2.75, 3.05) is 24.7 Å². The van der Waals surface area contributed by atoms with Gasteiger partial charge in [-0.15, -0.1) is 0 Å². The minimum absolute atomic E-state index is 0.0185. The first-order valence-electron chi connectivity index (χ1n) is 9.99. The monoisotopic (exact) mass is 444 g/mol. The average Bonchev–Trinajstić information content (AvgIpc) is 2.72. The van der Waals surface area contributed by atoms with Crippen molar-refractivity contribution in [2.45, 2.75) is 44.4 Å². The predicted molar refractivity (Wildman–Crippen MR) is 101 cm³/mol. The molecule has 31 heavy (non-hydrogen) atoms. The summed E-state index contributed by atoms with van der Waals surface area (Å²) in [6, 6.07) is 2.46. The van der Waals surface area contributed by atoms with Crippen LogP contribution in [-0.4, -0.2) is 46.5 Å². The topological polar surface area (TPSA) is 60.2 Å². The van der Waals surface area contributed by atoms with Gasteiger partial charge in [-0.2, -0.15) is 22.0 Å². The fraction of sp³-hybridized carbons (Fsp3) is 0.550. The van der Waals surface area contributed by atoms with Crippen molar-refractivity contribution in [1.82, 2.24) is 14.5 Å². The number of aromatic nitrogens is 3. The summed E-state index contributed by atoms with van der Waals surface area (Å²) in [5.41, 5.74) is -1.04. The summed E-state index contributed by atoms with van der Waals surface area (Å²) in [7, 11) is 0. The summed E-state index contributed by atoms with van der Waals surface area (Å²) in [6.45, 7) is 2.23. The van der Waals surface area contributed by atoms with E-state index in [2.05, 4.69) is 9.97 Å².